The van der Waals surface area contributed by atoms with Gasteiger partial charge < -0.3 is 9.15 Å². The SMILES string of the molecule is CCCCC(OCc1ccccc1)c1ccc(C)o1. The van der Waals surface area contributed by atoms with Crippen LogP contribution in [0.25, 0.3) is 0 Å². The van der Waals surface area contributed by atoms with Crippen LogP contribution in [0.1, 0.15) is 49.4 Å². The predicted molar refractivity (Wildman–Crippen MR) is 76.9 cm³/mol. The predicted octanol–water partition coefficient (Wildman–Crippen LogP) is 5.04. The molecule has 0 bridgehead atoms. The molecule has 0 saturated carbocycles. The Bertz CT molecular complexity index is 473. The molecule has 1 heterocycles. The summed E-state index contributed by atoms with van der Waals surface area (Å²) < 4.78 is 11.7. The molecule has 0 saturated heterocycles. The van der Waals surface area contributed by atoms with Crippen molar-refractivity contribution in [2.24, 2.45) is 0 Å². The Balaban J connectivity index is 1.98. The standard InChI is InChI=1S/C17H22O2/c1-3-4-10-16(17-12-11-14(2)19-17)18-13-15-8-6-5-7-9-15/h5-9,11-12,16H,3-4,10,13H2,1-2H3. The van der Waals surface area contributed by atoms with E-state index in [2.05, 4.69) is 19.1 Å². The highest BCUT2D eigenvalue weighted by atomic mass is 16.5. The molecule has 0 aliphatic carbocycles. The monoisotopic (exact) mass is 258 g/mol. The molecule has 0 aliphatic heterocycles. The van der Waals surface area contributed by atoms with Crippen molar-refractivity contribution in [2.75, 3.05) is 0 Å². The van der Waals surface area contributed by atoms with Gasteiger partial charge in [0.2, 0.25) is 0 Å². The highest BCUT2D eigenvalue weighted by molar-refractivity contribution is 5.14. The smallest absolute Gasteiger partial charge is 0.132 e. The Morgan fingerprint density at radius 1 is 1.11 bits per heavy atom. The average Bonchev–Trinajstić information content (AvgIpc) is 2.86. The molecule has 19 heavy (non-hydrogen) atoms. The molecule has 0 radical (unpaired) electrons. The fourth-order valence-electron chi connectivity index (χ4n) is 2.09. The molecule has 0 N–H and O–H groups in total. The second-order valence-electron chi connectivity index (χ2n) is 4.88. The Morgan fingerprint density at radius 2 is 1.89 bits per heavy atom. The number of furan rings is 1. The molecule has 1 unspecified atom stereocenters. The molecule has 1 aromatic heterocycles. The lowest BCUT2D eigenvalue weighted by atomic mass is 10.1. The zero-order chi connectivity index (χ0) is 13.5. The van der Waals surface area contributed by atoms with Gasteiger partial charge in [-0.3, -0.25) is 0 Å². The number of hydrogen-bond donors (Lipinski definition) is 0. The zero-order valence-corrected chi connectivity index (χ0v) is 11.8. The third kappa shape index (κ3) is 4.25. The van der Waals surface area contributed by atoms with E-state index in [4.69, 9.17) is 9.15 Å². The summed E-state index contributed by atoms with van der Waals surface area (Å²) in [5, 5.41) is 0. The lowest BCUT2D eigenvalue weighted by molar-refractivity contribution is 0.0179. The van der Waals surface area contributed by atoms with Crippen LogP contribution in [0.4, 0.5) is 0 Å². The summed E-state index contributed by atoms with van der Waals surface area (Å²) in [5.41, 5.74) is 1.20. The first kappa shape index (κ1) is 13.9. The first-order chi connectivity index (χ1) is 9.29. The minimum Gasteiger partial charge on any atom is -0.464 e. The number of aryl methyl sites for hydroxylation is 1. The van der Waals surface area contributed by atoms with Crippen LogP contribution >= 0.6 is 0 Å². The first-order valence-corrected chi connectivity index (χ1v) is 7.01. The lowest BCUT2D eigenvalue weighted by Gasteiger charge is -2.15. The van der Waals surface area contributed by atoms with Gasteiger partial charge in [-0.25, -0.2) is 0 Å². The molecule has 102 valence electrons. The molecule has 1 aromatic carbocycles. The molecule has 2 nitrogen and oxygen atoms in total. The summed E-state index contributed by atoms with van der Waals surface area (Å²) in [6, 6.07) is 14.3. The van der Waals surface area contributed by atoms with Crippen molar-refractivity contribution in [3.8, 4) is 0 Å². The van der Waals surface area contributed by atoms with Crippen LogP contribution < -0.4 is 0 Å². The largest absolute Gasteiger partial charge is 0.464 e. The third-order valence-electron chi connectivity index (χ3n) is 3.19. The van der Waals surface area contributed by atoms with E-state index in [9.17, 15) is 0 Å². The normalized spacial score (nSPS) is 12.5. The zero-order valence-electron chi connectivity index (χ0n) is 11.8. The van der Waals surface area contributed by atoms with Crippen LogP contribution in [0.3, 0.4) is 0 Å². The Morgan fingerprint density at radius 3 is 2.53 bits per heavy atom. The van der Waals surface area contributed by atoms with Crippen LogP contribution in [0.5, 0.6) is 0 Å². The van der Waals surface area contributed by atoms with Crippen molar-refractivity contribution in [2.45, 2.75) is 45.8 Å². The fraction of sp³-hybridized carbons (Fsp3) is 0.412. The Kier molecular flexibility index (Phi) is 5.22. The molecule has 2 aromatic rings. The quantitative estimate of drug-likeness (QED) is 0.694. The van der Waals surface area contributed by atoms with Gasteiger partial charge in [-0.1, -0.05) is 50.1 Å². The molecule has 2 heteroatoms. The van der Waals surface area contributed by atoms with E-state index >= 15 is 0 Å². The molecule has 2 rings (SSSR count). The minimum absolute atomic E-state index is 0.0638. The number of ether oxygens (including phenoxy) is 1. The van der Waals surface area contributed by atoms with E-state index in [0.717, 1.165) is 24.4 Å². The van der Waals surface area contributed by atoms with Crippen molar-refractivity contribution >= 4 is 0 Å². The number of rotatable bonds is 7. The topological polar surface area (TPSA) is 22.4 Å². The summed E-state index contributed by atoms with van der Waals surface area (Å²) in [4.78, 5) is 0. The highest BCUT2D eigenvalue weighted by Gasteiger charge is 2.15. The van der Waals surface area contributed by atoms with Gasteiger partial charge in [-0.05, 0) is 31.0 Å². The van der Waals surface area contributed by atoms with Crippen LogP contribution in [0.15, 0.2) is 46.9 Å². The number of hydrogen-bond acceptors (Lipinski definition) is 2. The summed E-state index contributed by atoms with van der Waals surface area (Å²) in [5.74, 6) is 1.89. The molecular weight excluding hydrogens is 236 g/mol. The maximum Gasteiger partial charge on any atom is 0.132 e. The van der Waals surface area contributed by atoms with Crippen LogP contribution in [0.2, 0.25) is 0 Å². The van der Waals surface area contributed by atoms with Crippen LogP contribution in [0, 0.1) is 6.92 Å². The first-order valence-electron chi connectivity index (χ1n) is 7.01. The van der Waals surface area contributed by atoms with Crippen molar-refractivity contribution in [1.82, 2.24) is 0 Å². The molecular formula is C17H22O2. The maximum atomic E-state index is 6.04. The van der Waals surface area contributed by atoms with Gasteiger partial charge in [0.15, 0.2) is 0 Å². The van der Waals surface area contributed by atoms with Crippen LogP contribution in [-0.4, -0.2) is 0 Å². The molecule has 0 fully saturated rings. The van der Waals surface area contributed by atoms with E-state index in [-0.39, 0.29) is 6.10 Å². The van der Waals surface area contributed by atoms with Crippen LogP contribution in [-0.2, 0) is 11.3 Å². The minimum atomic E-state index is 0.0638. The van der Waals surface area contributed by atoms with E-state index in [1.807, 2.05) is 37.3 Å². The summed E-state index contributed by atoms with van der Waals surface area (Å²) in [6.07, 6.45) is 3.40. The van der Waals surface area contributed by atoms with Crippen molar-refractivity contribution in [1.29, 1.82) is 0 Å². The molecule has 1 atom stereocenters. The lowest BCUT2D eigenvalue weighted by Crippen LogP contribution is -2.04. The van der Waals surface area contributed by atoms with Crippen molar-refractivity contribution in [3.63, 3.8) is 0 Å². The maximum absolute atomic E-state index is 6.04. The second kappa shape index (κ2) is 7.15. The van der Waals surface area contributed by atoms with E-state index in [1.54, 1.807) is 0 Å². The number of unbranched alkanes of at least 4 members (excludes halogenated alkanes) is 1. The Labute approximate surface area is 115 Å². The van der Waals surface area contributed by atoms with E-state index in [0.29, 0.717) is 6.61 Å². The molecule has 0 amide bonds. The second-order valence-corrected chi connectivity index (χ2v) is 4.88. The van der Waals surface area contributed by atoms with Gasteiger partial charge in [0, 0.05) is 0 Å². The molecule has 0 spiro atoms. The summed E-state index contributed by atoms with van der Waals surface area (Å²) >= 11 is 0. The van der Waals surface area contributed by atoms with Gasteiger partial charge >= 0.3 is 0 Å². The Hall–Kier alpha value is -1.54. The van der Waals surface area contributed by atoms with Gasteiger partial charge in [-0.15, -0.1) is 0 Å². The van der Waals surface area contributed by atoms with E-state index < -0.39 is 0 Å². The van der Waals surface area contributed by atoms with E-state index in [1.165, 1.54) is 12.0 Å². The third-order valence-corrected chi connectivity index (χ3v) is 3.19. The summed E-state index contributed by atoms with van der Waals surface area (Å²) in [7, 11) is 0. The fourth-order valence-corrected chi connectivity index (χ4v) is 2.09. The van der Waals surface area contributed by atoms with Gasteiger partial charge in [0.1, 0.15) is 17.6 Å². The van der Waals surface area contributed by atoms with Crippen molar-refractivity contribution < 1.29 is 9.15 Å². The molecule has 0 aliphatic rings. The average molecular weight is 258 g/mol. The van der Waals surface area contributed by atoms with Gasteiger partial charge in [0.25, 0.3) is 0 Å². The van der Waals surface area contributed by atoms with Gasteiger partial charge in [-0.2, -0.15) is 0 Å². The van der Waals surface area contributed by atoms with Crippen molar-refractivity contribution in [3.05, 3.63) is 59.5 Å². The number of benzene rings is 1. The van der Waals surface area contributed by atoms with Gasteiger partial charge in [0.05, 0.1) is 6.61 Å². The summed E-state index contributed by atoms with van der Waals surface area (Å²) in [6.45, 7) is 4.80. The highest BCUT2D eigenvalue weighted by Crippen LogP contribution is 2.26.